The van der Waals surface area contributed by atoms with Crippen LogP contribution in [0.3, 0.4) is 0 Å². The van der Waals surface area contributed by atoms with Gasteiger partial charge in [0, 0.05) is 30.4 Å². The maximum absolute atomic E-state index is 10.1. The first-order valence-corrected chi connectivity index (χ1v) is 7.78. The Balaban J connectivity index is 1.80. The van der Waals surface area contributed by atoms with Gasteiger partial charge < -0.3 is 15.3 Å². The van der Waals surface area contributed by atoms with Crippen molar-refractivity contribution in [3.8, 4) is 0 Å². The van der Waals surface area contributed by atoms with Crippen molar-refractivity contribution in [3.63, 3.8) is 0 Å². The number of hydrogen-bond donors (Lipinski definition) is 3. The summed E-state index contributed by atoms with van der Waals surface area (Å²) >= 11 is -0.415. The van der Waals surface area contributed by atoms with Crippen LogP contribution in [0.5, 0.6) is 0 Å². The van der Waals surface area contributed by atoms with Crippen molar-refractivity contribution in [1.82, 2.24) is 3.22 Å². The molecule has 2 fully saturated rings. The molecular weight excluding hydrogens is 335 g/mol. The molecule has 0 saturated heterocycles. The van der Waals surface area contributed by atoms with Crippen LogP contribution < -0.4 is 0 Å². The van der Waals surface area contributed by atoms with Gasteiger partial charge in [0.05, 0.1) is 24.5 Å². The third-order valence-electron chi connectivity index (χ3n) is 3.90. The number of rotatable bonds is 2. The first kappa shape index (κ1) is 11.8. The second-order valence-corrected chi connectivity index (χ2v) is 7.06. The van der Waals surface area contributed by atoms with Crippen molar-refractivity contribution < 1.29 is 15.3 Å². The maximum atomic E-state index is 10.1. The number of hydrogen-bond acceptors (Lipinski definition) is 5. The third-order valence-corrected chi connectivity index (χ3v) is 6.40. The van der Waals surface area contributed by atoms with Gasteiger partial charge in [-0.2, -0.15) is 5.10 Å². The zero-order valence-corrected chi connectivity index (χ0v) is 11.4. The Morgan fingerprint density at radius 1 is 1.59 bits per heavy atom. The summed E-state index contributed by atoms with van der Waals surface area (Å²) in [5, 5.41) is 33.5. The van der Waals surface area contributed by atoms with E-state index in [0.717, 1.165) is 18.4 Å². The van der Waals surface area contributed by atoms with Crippen molar-refractivity contribution in [2.45, 2.75) is 31.1 Å². The van der Waals surface area contributed by atoms with Crippen LogP contribution in [0.2, 0.25) is 0 Å². The van der Waals surface area contributed by atoms with Crippen LogP contribution in [0.1, 0.15) is 12.8 Å². The highest BCUT2D eigenvalue weighted by molar-refractivity contribution is 14.2. The molecule has 0 amide bonds. The zero-order chi connectivity index (χ0) is 12.2. The molecule has 4 atom stereocenters. The molecule has 94 valence electrons. The molecule has 1 aliphatic heterocycles. The molecule has 2 saturated carbocycles. The lowest BCUT2D eigenvalue weighted by Gasteiger charge is -2.22. The largest absolute Gasteiger partial charge is 0.390 e. The summed E-state index contributed by atoms with van der Waals surface area (Å²) in [7, 11) is 0. The monoisotopic (exact) mass is 350 g/mol. The van der Waals surface area contributed by atoms with Gasteiger partial charge in [0.1, 0.15) is 6.10 Å². The van der Waals surface area contributed by atoms with Gasteiger partial charge in [0.2, 0.25) is 0 Å². The fraction of sp³-hybridized carbons (Fsp3) is 0.636. The summed E-state index contributed by atoms with van der Waals surface area (Å²) in [5.41, 5.74) is 1.46. The molecule has 5 nitrogen and oxygen atoms in total. The summed E-state index contributed by atoms with van der Waals surface area (Å²) in [6.45, 7) is 3.86. The minimum atomic E-state index is -0.760. The van der Waals surface area contributed by atoms with E-state index in [2.05, 4.69) is 11.7 Å². The van der Waals surface area contributed by atoms with Gasteiger partial charge in [0.15, 0.2) is 0 Å². The van der Waals surface area contributed by atoms with Crippen LogP contribution in [0, 0.1) is 5.41 Å². The van der Waals surface area contributed by atoms with Gasteiger partial charge in [-0.05, 0) is 12.8 Å². The van der Waals surface area contributed by atoms with Crippen LogP contribution >= 0.6 is 21.0 Å². The first-order valence-electron chi connectivity index (χ1n) is 5.57. The van der Waals surface area contributed by atoms with Gasteiger partial charge in [-0.25, -0.2) is 3.22 Å². The average molecular weight is 350 g/mol. The lowest BCUT2D eigenvalue weighted by molar-refractivity contribution is 0.00179. The lowest BCUT2D eigenvalue weighted by Crippen LogP contribution is -2.36. The van der Waals surface area contributed by atoms with Gasteiger partial charge in [0.25, 0.3) is 0 Å². The lowest BCUT2D eigenvalue weighted by atomic mass is 10.0. The Morgan fingerprint density at radius 3 is 2.76 bits per heavy atom. The Morgan fingerprint density at radius 2 is 2.29 bits per heavy atom. The molecular formula is C11H15IN2O3. The highest BCUT2D eigenvalue weighted by Crippen LogP contribution is 2.62. The Kier molecular flexibility index (Phi) is 2.66. The first-order chi connectivity index (χ1) is 8.08. The fourth-order valence-electron chi connectivity index (χ4n) is 2.71. The molecule has 0 radical (unpaired) electrons. The topological polar surface area (TPSA) is 76.3 Å². The van der Waals surface area contributed by atoms with Crippen molar-refractivity contribution in [3.05, 3.63) is 12.2 Å². The van der Waals surface area contributed by atoms with Crippen molar-refractivity contribution >= 4 is 30.7 Å². The maximum Gasteiger partial charge on any atom is 0.104 e. The smallest absolute Gasteiger partial charge is 0.104 e. The van der Waals surface area contributed by atoms with Gasteiger partial charge >= 0.3 is 0 Å². The van der Waals surface area contributed by atoms with Crippen LogP contribution in [0.15, 0.2) is 17.3 Å². The van der Waals surface area contributed by atoms with E-state index in [4.69, 9.17) is 5.11 Å². The van der Waals surface area contributed by atoms with Gasteiger partial charge in [-0.3, -0.25) is 0 Å². The molecule has 3 N–H and O–H groups in total. The summed E-state index contributed by atoms with van der Waals surface area (Å²) in [6, 6.07) is -0.127. The van der Waals surface area contributed by atoms with E-state index in [1.807, 2.05) is 7.23 Å². The van der Waals surface area contributed by atoms with Crippen LogP contribution in [0.25, 0.3) is 0 Å². The van der Waals surface area contributed by atoms with E-state index in [0.29, 0.717) is 5.71 Å². The van der Waals surface area contributed by atoms with Crippen molar-refractivity contribution in [2.24, 2.45) is 10.5 Å². The SMILES string of the molecule is C=C1CC12C[C@H](N1N=C(CO)C=I1)[C@@H](O)[C@H]2O. The molecule has 0 aromatic rings. The minimum Gasteiger partial charge on any atom is -0.390 e. The summed E-state index contributed by atoms with van der Waals surface area (Å²) in [5.74, 6) is 0. The second kappa shape index (κ2) is 3.84. The summed E-state index contributed by atoms with van der Waals surface area (Å²) in [6.07, 6.45) is 0.0690. The predicted octanol–water partition coefficient (Wildman–Crippen LogP) is -0.221. The number of aliphatic hydroxyl groups excluding tert-OH is 3. The summed E-state index contributed by atoms with van der Waals surface area (Å²) < 4.78 is 3.82. The molecule has 3 rings (SSSR count). The van der Waals surface area contributed by atoms with Crippen LogP contribution in [-0.2, 0) is 0 Å². The molecule has 17 heavy (non-hydrogen) atoms. The van der Waals surface area contributed by atoms with Gasteiger partial charge in [-0.15, -0.1) is 0 Å². The number of nitrogens with zero attached hydrogens (tertiary/aromatic N) is 2. The molecule has 1 spiro atoms. The molecule has 6 heteroatoms. The van der Waals surface area contributed by atoms with E-state index in [-0.39, 0.29) is 18.1 Å². The highest BCUT2D eigenvalue weighted by atomic mass is 127. The van der Waals surface area contributed by atoms with E-state index in [9.17, 15) is 10.2 Å². The molecule has 3 aliphatic rings. The van der Waals surface area contributed by atoms with Gasteiger partial charge in [-0.1, -0.05) is 12.2 Å². The normalized spacial score (nSPS) is 44.2. The average Bonchev–Trinajstić information content (AvgIpc) is 2.71. The Labute approximate surface area is 110 Å². The van der Waals surface area contributed by atoms with Crippen molar-refractivity contribution in [1.29, 1.82) is 0 Å². The third kappa shape index (κ3) is 1.61. The number of hydrazone groups is 1. The minimum absolute atomic E-state index is 0.0561. The molecule has 0 bridgehead atoms. The molecule has 2 aliphatic carbocycles. The van der Waals surface area contributed by atoms with E-state index < -0.39 is 33.2 Å². The predicted molar refractivity (Wildman–Crippen MR) is 73.1 cm³/mol. The van der Waals surface area contributed by atoms with E-state index >= 15 is 0 Å². The standard InChI is InChI=1S/C11H15IN2O3/c1-6-2-11(6)3-8(9(16)10(11)17)14-12-4-7(5-15)13-14/h4,8-10,15-17H,1-3,5H2/t8-,9+,10+,11?/m0/s1. The molecule has 1 heterocycles. The van der Waals surface area contributed by atoms with E-state index in [1.165, 1.54) is 0 Å². The molecule has 1 unspecified atom stereocenters. The quantitative estimate of drug-likeness (QED) is 0.366. The zero-order valence-electron chi connectivity index (χ0n) is 9.25. The number of halogens is 1. The molecule has 0 aromatic carbocycles. The summed E-state index contributed by atoms with van der Waals surface area (Å²) in [4.78, 5) is 0. The highest BCUT2D eigenvalue weighted by Gasteiger charge is 2.63. The Bertz CT molecular complexity index is 436. The van der Waals surface area contributed by atoms with Crippen molar-refractivity contribution in [2.75, 3.05) is 6.61 Å². The number of aliphatic hydroxyl groups is 3. The van der Waals surface area contributed by atoms with Crippen LogP contribution in [0.4, 0.5) is 0 Å². The molecule has 0 aromatic heterocycles. The Hall–Kier alpha value is -0.310. The van der Waals surface area contributed by atoms with Crippen LogP contribution in [-0.4, -0.2) is 53.1 Å². The fourth-order valence-corrected chi connectivity index (χ4v) is 4.98. The van der Waals surface area contributed by atoms with E-state index in [1.54, 1.807) is 0 Å². The second-order valence-electron chi connectivity index (χ2n) is 4.89.